The Morgan fingerprint density at radius 1 is 1.04 bits per heavy atom. The van der Waals surface area contributed by atoms with Gasteiger partial charge in [-0.3, -0.25) is 14.9 Å². The molecule has 0 bridgehead atoms. The third kappa shape index (κ3) is 3.76. The van der Waals surface area contributed by atoms with Crippen molar-refractivity contribution >= 4 is 10.9 Å². The summed E-state index contributed by atoms with van der Waals surface area (Å²) in [5.74, 6) is 1.91. The van der Waals surface area contributed by atoms with Gasteiger partial charge in [-0.05, 0) is 56.7 Å². The number of ether oxygens (including phenoxy) is 1. The van der Waals surface area contributed by atoms with E-state index in [1.54, 1.807) is 12.4 Å². The van der Waals surface area contributed by atoms with Gasteiger partial charge in [0.15, 0.2) is 0 Å². The molecule has 1 saturated heterocycles. The Morgan fingerprint density at radius 2 is 1.86 bits per heavy atom. The number of aromatic nitrogens is 3. The zero-order chi connectivity index (χ0) is 18.9. The predicted octanol–water partition coefficient (Wildman–Crippen LogP) is 4.19. The van der Waals surface area contributed by atoms with Gasteiger partial charge < -0.3 is 9.30 Å². The SMILES string of the molecule is Cc1nccnc1CN1CCC(Oc2cccc3c2ccn3CC2CC2)CC1. The number of rotatable bonds is 6. The first-order valence-corrected chi connectivity index (χ1v) is 10.5. The lowest BCUT2D eigenvalue weighted by atomic mass is 10.1. The molecule has 1 aliphatic heterocycles. The average molecular weight is 377 g/mol. The molecule has 146 valence electrons. The monoisotopic (exact) mass is 376 g/mol. The highest BCUT2D eigenvalue weighted by Crippen LogP contribution is 2.34. The summed E-state index contributed by atoms with van der Waals surface area (Å²) in [4.78, 5) is 11.3. The molecule has 2 aliphatic rings. The molecule has 3 aromatic rings. The third-order valence-corrected chi connectivity index (χ3v) is 6.11. The van der Waals surface area contributed by atoms with E-state index in [0.717, 1.165) is 62.1 Å². The quantitative estimate of drug-likeness (QED) is 0.647. The standard InChI is InChI=1S/C23H28N4O/c1-17-21(25-11-10-24-17)16-26-12-7-19(8-13-26)28-23-4-2-3-22-20(23)9-14-27(22)15-18-5-6-18/h2-4,9-11,14,18-19H,5-8,12-13,15-16H2,1H3. The van der Waals surface area contributed by atoms with Gasteiger partial charge in [-0.1, -0.05) is 6.07 Å². The van der Waals surface area contributed by atoms with Gasteiger partial charge in [0, 0.05) is 50.2 Å². The van der Waals surface area contributed by atoms with Gasteiger partial charge in [-0.15, -0.1) is 0 Å². The highest BCUT2D eigenvalue weighted by Gasteiger charge is 2.24. The van der Waals surface area contributed by atoms with Crippen LogP contribution in [0.5, 0.6) is 5.75 Å². The largest absolute Gasteiger partial charge is 0.490 e. The van der Waals surface area contributed by atoms with Crippen molar-refractivity contribution in [3.63, 3.8) is 0 Å². The van der Waals surface area contributed by atoms with E-state index in [1.807, 2.05) is 6.92 Å². The average Bonchev–Trinajstić information content (AvgIpc) is 3.44. The molecule has 1 saturated carbocycles. The fourth-order valence-electron chi connectivity index (χ4n) is 4.20. The minimum absolute atomic E-state index is 0.289. The predicted molar refractivity (Wildman–Crippen MR) is 110 cm³/mol. The molecule has 2 aromatic heterocycles. The van der Waals surface area contributed by atoms with Crippen molar-refractivity contribution in [2.45, 2.75) is 51.8 Å². The first-order valence-electron chi connectivity index (χ1n) is 10.5. The van der Waals surface area contributed by atoms with Crippen molar-refractivity contribution in [2.75, 3.05) is 13.1 Å². The fourth-order valence-corrected chi connectivity index (χ4v) is 4.20. The Kier molecular flexibility index (Phi) is 4.77. The summed E-state index contributed by atoms with van der Waals surface area (Å²) in [6, 6.07) is 8.70. The van der Waals surface area contributed by atoms with Crippen LogP contribution in [-0.4, -0.2) is 38.6 Å². The maximum atomic E-state index is 6.46. The van der Waals surface area contributed by atoms with Crippen LogP contribution in [-0.2, 0) is 13.1 Å². The number of hydrogen-bond donors (Lipinski definition) is 0. The summed E-state index contributed by atoms with van der Waals surface area (Å²) in [5, 5.41) is 1.25. The van der Waals surface area contributed by atoms with E-state index < -0.39 is 0 Å². The summed E-state index contributed by atoms with van der Waals surface area (Å²) < 4.78 is 8.85. The Morgan fingerprint density at radius 3 is 2.64 bits per heavy atom. The van der Waals surface area contributed by atoms with Crippen LogP contribution < -0.4 is 4.74 Å². The van der Waals surface area contributed by atoms with Gasteiger partial charge in [-0.2, -0.15) is 0 Å². The normalized spacial score (nSPS) is 18.6. The summed E-state index contributed by atoms with van der Waals surface area (Å²) in [5.41, 5.74) is 3.42. The second kappa shape index (κ2) is 7.55. The van der Waals surface area contributed by atoms with Gasteiger partial charge in [-0.25, -0.2) is 0 Å². The maximum absolute atomic E-state index is 6.46. The van der Waals surface area contributed by atoms with E-state index in [0.29, 0.717) is 0 Å². The zero-order valence-corrected chi connectivity index (χ0v) is 16.6. The molecule has 1 aromatic carbocycles. The second-order valence-corrected chi connectivity index (χ2v) is 8.28. The van der Waals surface area contributed by atoms with Crippen LogP contribution >= 0.6 is 0 Å². The van der Waals surface area contributed by atoms with E-state index in [9.17, 15) is 0 Å². The van der Waals surface area contributed by atoms with Gasteiger partial charge in [0.2, 0.25) is 0 Å². The smallest absolute Gasteiger partial charge is 0.129 e. The zero-order valence-electron chi connectivity index (χ0n) is 16.6. The molecule has 5 heteroatoms. The van der Waals surface area contributed by atoms with Crippen molar-refractivity contribution in [2.24, 2.45) is 5.92 Å². The Hall–Kier alpha value is -2.40. The number of benzene rings is 1. The van der Waals surface area contributed by atoms with E-state index in [2.05, 4.69) is 49.9 Å². The van der Waals surface area contributed by atoms with Crippen molar-refractivity contribution in [3.8, 4) is 5.75 Å². The van der Waals surface area contributed by atoms with Crippen LogP contribution in [0.1, 0.15) is 37.1 Å². The summed E-state index contributed by atoms with van der Waals surface area (Å²) in [6.45, 7) is 6.14. The van der Waals surface area contributed by atoms with Crippen LogP contribution in [0, 0.1) is 12.8 Å². The maximum Gasteiger partial charge on any atom is 0.129 e. The molecule has 3 heterocycles. The molecular formula is C23H28N4O. The summed E-state index contributed by atoms with van der Waals surface area (Å²) >= 11 is 0. The molecule has 0 amide bonds. The molecule has 0 atom stereocenters. The van der Waals surface area contributed by atoms with Crippen LogP contribution in [0.2, 0.25) is 0 Å². The number of aryl methyl sites for hydroxylation is 1. The Labute approximate surface area is 166 Å². The van der Waals surface area contributed by atoms with E-state index >= 15 is 0 Å². The van der Waals surface area contributed by atoms with E-state index in [1.165, 1.54) is 23.7 Å². The first-order chi connectivity index (χ1) is 13.8. The van der Waals surface area contributed by atoms with Crippen LogP contribution in [0.4, 0.5) is 0 Å². The van der Waals surface area contributed by atoms with Gasteiger partial charge in [0.1, 0.15) is 11.9 Å². The molecule has 28 heavy (non-hydrogen) atoms. The first kappa shape index (κ1) is 17.7. The lowest BCUT2D eigenvalue weighted by Crippen LogP contribution is -2.38. The van der Waals surface area contributed by atoms with Crippen LogP contribution in [0.3, 0.4) is 0 Å². The number of nitrogens with zero attached hydrogens (tertiary/aromatic N) is 4. The topological polar surface area (TPSA) is 43.2 Å². The minimum Gasteiger partial charge on any atom is -0.490 e. The van der Waals surface area contributed by atoms with Crippen LogP contribution in [0.25, 0.3) is 10.9 Å². The molecule has 0 spiro atoms. The highest BCUT2D eigenvalue weighted by molar-refractivity contribution is 5.86. The van der Waals surface area contributed by atoms with Crippen molar-refractivity contribution in [1.82, 2.24) is 19.4 Å². The Balaban J connectivity index is 1.22. The lowest BCUT2D eigenvalue weighted by molar-refractivity contribution is 0.0971. The molecule has 5 rings (SSSR count). The third-order valence-electron chi connectivity index (χ3n) is 6.11. The van der Waals surface area contributed by atoms with Gasteiger partial charge >= 0.3 is 0 Å². The molecule has 2 fully saturated rings. The summed E-state index contributed by atoms with van der Waals surface area (Å²) in [6.07, 6.45) is 10.9. The van der Waals surface area contributed by atoms with Crippen molar-refractivity contribution < 1.29 is 4.74 Å². The van der Waals surface area contributed by atoms with Crippen molar-refractivity contribution in [3.05, 3.63) is 54.2 Å². The van der Waals surface area contributed by atoms with E-state index in [4.69, 9.17) is 4.74 Å². The molecular weight excluding hydrogens is 348 g/mol. The molecule has 0 unspecified atom stereocenters. The highest BCUT2D eigenvalue weighted by atomic mass is 16.5. The molecule has 0 radical (unpaired) electrons. The molecule has 0 N–H and O–H groups in total. The fraction of sp³-hybridized carbons (Fsp3) is 0.478. The molecule has 1 aliphatic carbocycles. The number of hydrogen-bond acceptors (Lipinski definition) is 4. The van der Waals surface area contributed by atoms with Gasteiger partial charge in [0.25, 0.3) is 0 Å². The number of piperidine rings is 1. The lowest BCUT2D eigenvalue weighted by Gasteiger charge is -2.32. The van der Waals surface area contributed by atoms with Crippen LogP contribution in [0.15, 0.2) is 42.9 Å². The second-order valence-electron chi connectivity index (χ2n) is 8.28. The number of fused-ring (bicyclic) bond motifs is 1. The van der Waals surface area contributed by atoms with Gasteiger partial charge in [0.05, 0.1) is 16.9 Å². The van der Waals surface area contributed by atoms with Crippen molar-refractivity contribution in [1.29, 1.82) is 0 Å². The Bertz CT molecular complexity index is 954. The summed E-state index contributed by atoms with van der Waals surface area (Å²) in [7, 11) is 0. The minimum atomic E-state index is 0.289. The number of likely N-dealkylation sites (tertiary alicyclic amines) is 1. The van der Waals surface area contributed by atoms with E-state index in [-0.39, 0.29) is 6.10 Å². The molecule has 5 nitrogen and oxygen atoms in total.